The van der Waals surface area contributed by atoms with Crippen LogP contribution >= 0.6 is 11.8 Å². The average molecular weight is 214 g/mol. The van der Waals surface area contributed by atoms with Gasteiger partial charge in [0.15, 0.2) is 0 Å². The molecule has 1 heterocycles. The summed E-state index contributed by atoms with van der Waals surface area (Å²) >= 11 is 1.50. The van der Waals surface area contributed by atoms with Crippen molar-refractivity contribution in [1.29, 1.82) is 0 Å². The Morgan fingerprint density at radius 2 is 1.80 bits per heavy atom. The van der Waals surface area contributed by atoms with Crippen molar-refractivity contribution in [3.63, 3.8) is 0 Å². The summed E-state index contributed by atoms with van der Waals surface area (Å²) in [5.74, 6) is 0. The molecular weight excluding hydrogens is 204 g/mol. The van der Waals surface area contributed by atoms with Crippen LogP contribution in [-0.2, 0) is 0 Å². The van der Waals surface area contributed by atoms with Crippen LogP contribution in [0.5, 0.6) is 0 Å². The molecule has 3 rings (SSSR count). The lowest BCUT2D eigenvalue weighted by molar-refractivity contribution is 0.310. The maximum Gasteiger partial charge on any atom is 0.123 e. The number of benzene rings is 2. The zero-order chi connectivity index (χ0) is 10.3. The molecule has 1 N–H and O–H groups in total. The van der Waals surface area contributed by atoms with E-state index in [9.17, 15) is 5.11 Å². The number of thioether (sulfide) groups is 1. The van der Waals surface area contributed by atoms with Crippen molar-refractivity contribution in [2.24, 2.45) is 0 Å². The maximum absolute atomic E-state index is 9.50. The van der Waals surface area contributed by atoms with Crippen molar-refractivity contribution in [1.82, 2.24) is 0 Å². The van der Waals surface area contributed by atoms with Gasteiger partial charge in [0.1, 0.15) is 5.44 Å². The topological polar surface area (TPSA) is 20.2 Å². The van der Waals surface area contributed by atoms with Crippen molar-refractivity contribution < 1.29 is 5.11 Å². The summed E-state index contributed by atoms with van der Waals surface area (Å²) in [4.78, 5) is 1.16. The SMILES string of the molecule is OC1C=Cc2cc3ccccc3cc2S1. The van der Waals surface area contributed by atoms with Gasteiger partial charge < -0.3 is 5.11 Å². The fraction of sp³-hybridized carbons (Fsp3) is 0.0769. The highest BCUT2D eigenvalue weighted by molar-refractivity contribution is 8.00. The Morgan fingerprint density at radius 3 is 2.60 bits per heavy atom. The molecule has 1 atom stereocenters. The third kappa shape index (κ3) is 1.56. The first-order valence-electron chi connectivity index (χ1n) is 4.89. The van der Waals surface area contributed by atoms with E-state index in [1.54, 1.807) is 0 Å². The van der Waals surface area contributed by atoms with Crippen molar-refractivity contribution >= 4 is 28.6 Å². The predicted octanol–water partition coefficient (Wildman–Crippen LogP) is 3.28. The van der Waals surface area contributed by atoms with Gasteiger partial charge in [-0.3, -0.25) is 0 Å². The van der Waals surface area contributed by atoms with E-state index in [0.717, 1.165) is 4.90 Å². The summed E-state index contributed by atoms with van der Waals surface area (Å²) in [7, 11) is 0. The minimum Gasteiger partial charge on any atom is -0.378 e. The highest BCUT2D eigenvalue weighted by atomic mass is 32.2. The fourth-order valence-corrected chi connectivity index (χ4v) is 2.70. The highest BCUT2D eigenvalue weighted by Gasteiger charge is 2.12. The zero-order valence-corrected chi connectivity index (χ0v) is 8.87. The van der Waals surface area contributed by atoms with E-state index in [-0.39, 0.29) is 0 Å². The largest absolute Gasteiger partial charge is 0.378 e. The number of rotatable bonds is 0. The minimum atomic E-state index is -0.404. The third-order valence-electron chi connectivity index (χ3n) is 2.57. The Kier molecular flexibility index (Phi) is 2.04. The molecule has 1 unspecified atom stereocenters. The molecule has 2 aromatic rings. The fourth-order valence-electron chi connectivity index (χ4n) is 1.82. The molecule has 1 aliphatic rings. The molecule has 0 bridgehead atoms. The number of aliphatic hydroxyl groups is 1. The molecule has 1 nitrogen and oxygen atoms in total. The molecule has 2 aromatic carbocycles. The Morgan fingerprint density at radius 1 is 1.07 bits per heavy atom. The van der Waals surface area contributed by atoms with Gasteiger partial charge in [-0.2, -0.15) is 0 Å². The summed E-state index contributed by atoms with van der Waals surface area (Å²) in [6.07, 6.45) is 3.81. The molecule has 15 heavy (non-hydrogen) atoms. The van der Waals surface area contributed by atoms with Gasteiger partial charge in [-0.1, -0.05) is 42.1 Å². The van der Waals surface area contributed by atoms with Gasteiger partial charge in [-0.05, 0) is 34.5 Å². The van der Waals surface area contributed by atoms with Crippen LogP contribution in [0.3, 0.4) is 0 Å². The van der Waals surface area contributed by atoms with E-state index >= 15 is 0 Å². The molecule has 2 heteroatoms. The number of fused-ring (bicyclic) bond motifs is 2. The molecule has 0 spiro atoms. The molecule has 0 saturated carbocycles. The second kappa shape index (κ2) is 3.40. The lowest BCUT2D eigenvalue weighted by Gasteiger charge is -2.15. The molecule has 1 aliphatic heterocycles. The third-order valence-corrected chi connectivity index (χ3v) is 3.57. The highest BCUT2D eigenvalue weighted by Crippen LogP contribution is 2.34. The van der Waals surface area contributed by atoms with Gasteiger partial charge in [0, 0.05) is 4.90 Å². The number of hydrogen-bond donors (Lipinski definition) is 1. The summed E-state index contributed by atoms with van der Waals surface area (Å²) < 4.78 is 0. The van der Waals surface area contributed by atoms with Crippen LogP contribution in [0.1, 0.15) is 5.56 Å². The Hall–Kier alpha value is -1.25. The van der Waals surface area contributed by atoms with Gasteiger partial charge in [0.25, 0.3) is 0 Å². The summed E-state index contributed by atoms with van der Waals surface area (Å²) in [5, 5.41) is 12.0. The van der Waals surface area contributed by atoms with E-state index in [1.807, 2.05) is 24.3 Å². The molecule has 0 radical (unpaired) electrons. The average Bonchev–Trinajstić information content (AvgIpc) is 2.26. The molecule has 0 fully saturated rings. The molecule has 0 aromatic heterocycles. The van der Waals surface area contributed by atoms with Gasteiger partial charge in [-0.15, -0.1) is 0 Å². The summed E-state index contributed by atoms with van der Waals surface area (Å²) in [6, 6.07) is 12.6. The lowest BCUT2D eigenvalue weighted by Crippen LogP contribution is -2.00. The van der Waals surface area contributed by atoms with Gasteiger partial charge in [0.05, 0.1) is 0 Å². The van der Waals surface area contributed by atoms with Crippen molar-refractivity contribution in [2.75, 3.05) is 0 Å². The maximum atomic E-state index is 9.50. The lowest BCUT2D eigenvalue weighted by atomic mass is 10.1. The second-order valence-electron chi connectivity index (χ2n) is 3.60. The van der Waals surface area contributed by atoms with Crippen LogP contribution in [0.25, 0.3) is 16.8 Å². The van der Waals surface area contributed by atoms with E-state index in [1.165, 1.54) is 28.1 Å². The second-order valence-corrected chi connectivity index (χ2v) is 4.76. The molecular formula is C13H10OS. The summed E-state index contributed by atoms with van der Waals surface area (Å²) in [6.45, 7) is 0. The molecule has 0 saturated heterocycles. The Labute approximate surface area is 92.4 Å². The predicted molar refractivity (Wildman–Crippen MR) is 64.8 cm³/mol. The van der Waals surface area contributed by atoms with E-state index < -0.39 is 5.44 Å². The van der Waals surface area contributed by atoms with E-state index in [4.69, 9.17) is 0 Å². The van der Waals surface area contributed by atoms with Crippen molar-refractivity contribution in [2.45, 2.75) is 10.3 Å². The van der Waals surface area contributed by atoms with Crippen LogP contribution in [-0.4, -0.2) is 10.5 Å². The van der Waals surface area contributed by atoms with Crippen molar-refractivity contribution in [3.8, 4) is 0 Å². The number of hydrogen-bond acceptors (Lipinski definition) is 2. The van der Waals surface area contributed by atoms with Gasteiger partial charge >= 0.3 is 0 Å². The van der Waals surface area contributed by atoms with E-state index in [0.29, 0.717) is 0 Å². The van der Waals surface area contributed by atoms with Crippen LogP contribution in [0, 0.1) is 0 Å². The van der Waals surface area contributed by atoms with Crippen LogP contribution in [0.4, 0.5) is 0 Å². The van der Waals surface area contributed by atoms with Crippen molar-refractivity contribution in [3.05, 3.63) is 48.0 Å². The standard InChI is InChI=1S/C13H10OS/c14-13-6-5-11-7-9-3-1-2-4-10(9)8-12(11)15-13/h1-8,13-14H. The smallest absolute Gasteiger partial charge is 0.123 e. The monoisotopic (exact) mass is 214 g/mol. The first kappa shape index (κ1) is 9.01. The normalized spacial score (nSPS) is 19.1. The van der Waals surface area contributed by atoms with E-state index in [2.05, 4.69) is 24.3 Å². The Bertz CT molecular complexity index is 545. The van der Waals surface area contributed by atoms with Crippen LogP contribution < -0.4 is 0 Å². The van der Waals surface area contributed by atoms with Gasteiger partial charge in [-0.25, -0.2) is 0 Å². The van der Waals surface area contributed by atoms with Gasteiger partial charge in [0.2, 0.25) is 0 Å². The summed E-state index contributed by atoms with van der Waals surface area (Å²) in [5.41, 5.74) is 0.794. The quantitative estimate of drug-likeness (QED) is 0.726. The van der Waals surface area contributed by atoms with Crippen LogP contribution in [0.2, 0.25) is 0 Å². The molecule has 0 aliphatic carbocycles. The minimum absolute atomic E-state index is 0.404. The molecule has 0 amide bonds. The first-order chi connectivity index (χ1) is 7.33. The molecule has 74 valence electrons. The first-order valence-corrected chi connectivity index (χ1v) is 5.77. The Balaban J connectivity index is 2.26. The van der Waals surface area contributed by atoms with Crippen LogP contribution in [0.15, 0.2) is 47.4 Å². The number of aliphatic hydroxyl groups excluding tert-OH is 1. The zero-order valence-electron chi connectivity index (χ0n) is 8.05.